The van der Waals surface area contributed by atoms with Crippen molar-refractivity contribution in [2.75, 3.05) is 0 Å². The van der Waals surface area contributed by atoms with E-state index >= 15 is 0 Å². The first-order valence-electron chi connectivity index (χ1n) is 3.25. The van der Waals surface area contributed by atoms with Crippen LogP contribution in [0.4, 0.5) is 0 Å². The molecule has 0 fully saturated rings. The first-order valence-corrected chi connectivity index (χ1v) is 3.25. The van der Waals surface area contributed by atoms with E-state index in [1.807, 2.05) is 4.68 Å². The summed E-state index contributed by atoms with van der Waals surface area (Å²) < 4.78 is 1.90. The molecule has 9 heavy (non-hydrogen) atoms. The van der Waals surface area contributed by atoms with Crippen LogP contribution in [-0.4, -0.2) is 14.8 Å². The second-order valence-corrected chi connectivity index (χ2v) is 1.85. The van der Waals surface area contributed by atoms with Gasteiger partial charge in [0.1, 0.15) is 12.2 Å². The number of aromatic nitrogens is 3. The molecule has 0 aromatic carbocycles. The molecule has 50 valence electrons. The van der Waals surface area contributed by atoms with Gasteiger partial charge in [0.25, 0.3) is 0 Å². The average molecular weight is 125 g/mol. The summed E-state index contributed by atoms with van der Waals surface area (Å²) in [6.07, 6.45) is 2.57. The summed E-state index contributed by atoms with van der Waals surface area (Å²) in [7, 11) is 0. The Hall–Kier alpha value is -0.860. The smallest absolute Gasteiger partial charge is 0.138 e. The third-order valence-corrected chi connectivity index (χ3v) is 1.31. The Morgan fingerprint density at radius 1 is 1.56 bits per heavy atom. The van der Waals surface area contributed by atoms with Gasteiger partial charge in [-0.2, -0.15) is 5.10 Å². The molecule has 0 bridgehead atoms. The molecule has 1 rings (SSSR count). The molecule has 0 saturated carbocycles. The maximum Gasteiger partial charge on any atom is 0.138 e. The van der Waals surface area contributed by atoms with Crippen molar-refractivity contribution in [1.82, 2.24) is 14.8 Å². The first-order chi connectivity index (χ1) is 4.38. The predicted molar refractivity (Wildman–Crippen MR) is 35.1 cm³/mol. The van der Waals surface area contributed by atoms with Crippen LogP contribution >= 0.6 is 0 Å². The molecule has 0 unspecified atom stereocenters. The van der Waals surface area contributed by atoms with Crippen LogP contribution < -0.4 is 0 Å². The van der Waals surface area contributed by atoms with Crippen LogP contribution in [0, 0.1) is 0 Å². The molecule has 0 N–H and O–H groups in total. The maximum atomic E-state index is 4.06. The lowest BCUT2D eigenvalue weighted by molar-refractivity contribution is 0.620. The Balaban J connectivity index is 2.85. The Morgan fingerprint density at radius 3 is 2.78 bits per heavy atom. The summed E-state index contributed by atoms with van der Waals surface area (Å²) in [5.74, 6) is 1.07. The highest BCUT2D eigenvalue weighted by Crippen LogP contribution is 1.92. The molecule has 3 nitrogen and oxygen atoms in total. The minimum Gasteiger partial charge on any atom is -0.250 e. The molecule has 0 saturated heterocycles. The van der Waals surface area contributed by atoms with Gasteiger partial charge in [-0.3, -0.25) is 4.68 Å². The largest absolute Gasteiger partial charge is 0.250 e. The molecule has 3 heteroatoms. The van der Waals surface area contributed by atoms with Crippen molar-refractivity contribution >= 4 is 0 Å². The normalized spacial score (nSPS) is 10.0. The number of aryl methyl sites for hydroxylation is 2. The van der Waals surface area contributed by atoms with Crippen molar-refractivity contribution in [3.63, 3.8) is 0 Å². The molecule has 0 atom stereocenters. The molecule has 1 aromatic rings. The quantitative estimate of drug-likeness (QED) is 0.587. The molecule has 0 radical (unpaired) electrons. The summed E-state index contributed by atoms with van der Waals surface area (Å²) in [4.78, 5) is 4.06. The molecule has 0 amide bonds. The highest BCUT2D eigenvalue weighted by Gasteiger charge is 1.95. The zero-order valence-corrected chi connectivity index (χ0v) is 5.83. The van der Waals surface area contributed by atoms with E-state index in [0.717, 1.165) is 18.8 Å². The highest BCUT2D eigenvalue weighted by molar-refractivity contribution is 4.81. The van der Waals surface area contributed by atoms with Gasteiger partial charge in [0.15, 0.2) is 0 Å². The van der Waals surface area contributed by atoms with E-state index in [4.69, 9.17) is 0 Å². The predicted octanol–water partition coefficient (Wildman–Crippen LogP) is 0.860. The van der Waals surface area contributed by atoms with Crippen LogP contribution in [0.2, 0.25) is 0 Å². The third-order valence-electron chi connectivity index (χ3n) is 1.31. The Morgan fingerprint density at radius 2 is 2.33 bits per heavy atom. The summed E-state index contributed by atoms with van der Waals surface area (Å²) >= 11 is 0. The Bertz CT molecular complexity index is 162. The number of rotatable bonds is 2. The number of nitrogens with zero attached hydrogens (tertiary/aromatic N) is 3. The van der Waals surface area contributed by atoms with Crippen molar-refractivity contribution in [3.05, 3.63) is 12.2 Å². The lowest BCUT2D eigenvalue weighted by Crippen LogP contribution is -2.01. The Labute approximate surface area is 54.7 Å². The molecule has 0 aliphatic carbocycles. The average Bonchev–Trinajstić information content (AvgIpc) is 2.33. The van der Waals surface area contributed by atoms with Crippen LogP contribution in [-0.2, 0) is 13.0 Å². The highest BCUT2D eigenvalue weighted by atomic mass is 15.3. The molecule has 1 heterocycles. The van der Waals surface area contributed by atoms with E-state index in [0.29, 0.717) is 0 Å². The minimum absolute atomic E-state index is 0.920. The summed E-state index contributed by atoms with van der Waals surface area (Å²) in [5.41, 5.74) is 0. The molecule has 1 aromatic heterocycles. The third kappa shape index (κ3) is 1.09. The van der Waals surface area contributed by atoms with Crippen molar-refractivity contribution in [1.29, 1.82) is 0 Å². The lowest BCUT2D eigenvalue weighted by atomic mass is 10.4. The van der Waals surface area contributed by atoms with Crippen molar-refractivity contribution in [2.45, 2.75) is 26.8 Å². The second kappa shape index (κ2) is 2.62. The van der Waals surface area contributed by atoms with Crippen LogP contribution in [0.15, 0.2) is 6.33 Å². The van der Waals surface area contributed by atoms with Crippen LogP contribution in [0.3, 0.4) is 0 Å². The molecular weight excluding hydrogens is 114 g/mol. The summed E-state index contributed by atoms with van der Waals surface area (Å²) in [6.45, 7) is 5.06. The topological polar surface area (TPSA) is 30.7 Å². The van der Waals surface area contributed by atoms with Gasteiger partial charge in [-0.1, -0.05) is 6.92 Å². The molecule has 0 spiro atoms. The van der Waals surface area contributed by atoms with Crippen LogP contribution in [0.5, 0.6) is 0 Å². The Kier molecular flexibility index (Phi) is 1.82. The first kappa shape index (κ1) is 6.26. The minimum atomic E-state index is 0.920. The second-order valence-electron chi connectivity index (χ2n) is 1.85. The van der Waals surface area contributed by atoms with Crippen LogP contribution in [0.1, 0.15) is 19.7 Å². The van der Waals surface area contributed by atoms with Crippen molar-refractivity contribution < 1.29 is 0 Å². The number of hydrogen-bond acceptors (Lipinski definition) is 2. The zero-order valence-electron chi connectivity index (χ0n) is 5.83. The van der Waals surface area contributed by atoms with Gasteiger partial charge in [0, 0.05) is 13.0 Å². The SMILES string of the molecule is CCc1ncnn1CC. The molecule has 0 aliphatic heterocycles. The van der Waals surface area contributed by atoms with Crippen LogP contribution in [0.25, 0.3) is 0 Å². The summed E-state index contributed by atoms with van der Waals surface area (Å²) in [5, 5.41) is 4.01. The van der Waals surface area contributed by atoms with Gasteiger partial charge in [-0.15, -0.1) is 0 Å². The fourth-order valence-corrected chi connectivity index (χ4v) is 0.826. The van der Waals surface area contributed by atoms with E-state index < -0.39 is 0 Å². The van der Waals surface area contributed by atoms with Crippen molar-refractivity contribution in [3.8, 4) is 0 Å². The van der Waals surface area contributed by atoms with Gasteiger partial charge in [0.05, 0.1) is 0 Å². The van der Waals surface area contributed by atoms with E-state index in [9.17, 15) is 0 Å². The standard InChI is InChI=1S/C6H11N3/c1-3-6-7-5-8-9(6)4-2/h5H,3-4H2,1-2H3. The van der Waals surface area contributed by atoms with E-state index in [-0.39, 0.29) is 0 Å². The van der Waals surface area contributed by atoms with Gasteiger partial charge in [-0.05, 0) is 6.92 Å². The summed E-state index contributed by atoms with van der Waals surface area (Å²) in [6, 6.07) is 0. The maximum absolute atomic E-state index is 4.06. The van der Waals surface area contributed by atoms with Gasteiger partial charge < -0.3 is 0 Å². The fraction of sp³-hybridized carbons (Fsp3) is 0.667. The van der Waals surface area contributed by atoms with Gasteiger partial charge in [-0.25, -0.2) is 4.98 Å². The monoisotopic (exact) mass is 125 g/mol. The van der Waals surface area contributed by atoms with Gasteiger partial charge >= 0.3 is 0 Å². The zero-order chi connectivity index (χ0) is 6.69. The molecule has 0 aliphatic rings. The van der Waals surface area contributed by atoms with E-state index in [2.05, 4.69) is 23.9 Å². The fourth-order valence-electron chi connectivity index (χ4n) is 0.826. The van der Waals surface area contributed by atoms with E-state index in [1.54, 1.807) is 6.33 Å². The van der Waals surface area contributed by atoms with E-state index in [1.165, 1.54) is 0 Å². The lowest BCUT2D eigenvalue weighted by Gasteiger charge is -1.96. The van der Waals surface area contributed by atoms with Gasteiger partial charge in [0.2, 0.25) is 0 Å². The van der Waals surface area contributed by atoms with Crippen molar-refractivity contribution in [2.24, 2.45) is 0 Å². The molecular formula is C6H11N3. The number of hydrogen-bond donors (Lipinski definition) is 0.